The first kappa shape index (κ1) is 56.9. The second-order valence-electron chi connectivity index (χ2n) is 20.3. The lowest BCUT2D eigenvalue weighted by molar-refractivity contribution is 0.0967. The average Bonchev–Trinajstić information content (AvgIpc) is 3.28. The molecule has 0 heterocycles. The molecule has 8 nitrogen and oxygen atoms in total. The van der Waals surface area contributed by atoms with Gasteiger partial charge in [0.1, 0.15) is 0 Å². The van der Waals surface area contributed by atoms with E-state index in [2.05, 4.69) is 69.2 Å². The lowest BCUT2D eigenvalue weighted by atomic mass is 9.82. The maximum atomic E-state index is 15.4. The Balaban J connectivity index is 2.23. The molecule has 2 atom stereocenters. The summed E-state index contributed by atoms with van der Waals surface area (Å²) in [6.45, 7) is 25.0. The molecule has 2 aromatic carbocycles. The van der Waals surface area contributed by atoms with Gasteiger partial charge in [-0.1, -0.05) is 185 Å². The number of rotatable bonds is 40. The van der Waals surface area contributed by atoms with Crippen LogP contribution in [-0.4, -0.2) is 51.2 Å². The highest BCUT2D eigenvalue weighted by atomic mass is 16.5. The fraction of sp³-hybridized carbons (Fsp3) is 0.759. The van der Waals surface area contributed by atoms with Crippen molar-refractivity contribution in [3.05, 3.63) is 34.4 Å². The molecular formula is C58H96O8. The van der Waals surface area contributed by atoms with Crippen molar-refractivity contribution in [3.63, 3.8) is 0 Å². The average molecular weight is 921 g/mol. The minimum Gasteiger partial charge on any atom is -0.490 e. The number of carbonyl (C=O) groups excluding carboxylic acids is 2. The molecule has 0 radical (unpaired) electrons. The van der Waals surface area contributed by atoms with Gasteiger partial charge in [0.25, 0.3) is 0 Å². The Labute approximate surface area is 403 Å². The number of hydrogen-bond acceptors (Lipinski definition) is 8. The van der Waals surface area contributed by atoms with E-state index in [0.717, 1.165) is 128 Å². The fourth-order valence-electron chi connectivity index (χ4n) is 8.66. The Kier molecular flexibility index (Phi) is 28.6. The molecule has 0 bridgehead atoms. The van der Waals surface area contributed by atoms with Gasteiger partial charge < -0.3 is 28.4 Å². The molecule has 0 amide bonds. The Morgan fingerprint density at radius 2 is 0.667 bits per heavy atom. The van der Waals surface area contributed by atoms with Gasteiger partial charge in [0, 0.05) is 11.1 Å². The van der Waals surface area contributed by atoms with Gasteiger partial charge in [-0.3, -0.25) is 9.59 Å². The lowest BCUT2D eigenvalue weighted by Crippen LogP contribution is -2.25. The summed E-state index contributed by atoms with van der Waals surface area (Å²) >= 11 is 0. The maximum Gasteiger partial charge on any atom is 0.204 e. The SMILES string of the molecule is CCCCCCOc1cc2c(c(OCCC(C)CCCC(C)C)c1OCCCCCC)C(=O)c1cc(OCCCCCC)c(OCCCCCC)c(OCCC(C)CCCC(C)C)c1C2=O. The molecule has 2 unspecified atom stereocenters. The summed E-state index contributed by atoms with van der Waals surface area (Å²) in [5, 5.41) is 0. The van der Waals surface area contributed by atoms with E-state index in [4.69, 9.17) is 28.4 Å². The zero-order valence-electron chi connectivity index (χ0n) is 43.9. The summed E-state index contributed by atoms with van der Waals surface area (Å²) in [6, 6.07) is 3.48. The standard InChI is InChI=1S/C58H96O8/c1-11-15-19-23-35-61-49-41-47-51(57(55(49)63-37-25-21-17-13-3)65-39-33-45(9)31-27-29-43(5)6)54(60)48-42-50(62-36-24-20-16-12-2)56(64-38-26-22-18-14-4)58(52(48)53(47)59)66-40-34-46(10)32-28-30-44(7)8/h41-46H,11-40H2,1-10H3. The van der Waals surface area contributed by atoms with Crippen LogP contribution in [0.1, 0.15) is 255 Å². The first-order valence-corrected chi connectivity index (χ1v) is 27.3. The first-order valence-electron chi connectivity index (χ1n) is 27.3. The van der Waals surface area contributed by atoms with Crippen molar-refractivity contribution in [2.24, 2.45) is 23.7 Å². The normalized spacial score (nSPS) is 13.2. The summed E-state index contributed by atoms with van der Waals surface area (Å²) in [4.78, 5) is 30.9. The fourth-order valence-corrected chi connectivity index (χ4v) is 8.66. The van der Waals surface area contributed by atoms with Crippen LogP contribution in [0, 0.1) is 23.7 Å². The molecular weight excluding hydrogens is 825 g/mol. The zero-order valence-corrected chi connectivity index (χ0v) is 43.9. The van der Waals surface area contributed by atoms with Gasteiger partial charge in [-0.2, -0.15) is 0 Å². The van der Waals surface area contributed by atoms with Crippen molar-refractivity contribution in [1.29, 1.82) is 0 Å². The van der Waals surface area contributed by atoms with Gasteiger partial charge in [0.2, 0.25) is 11.5 Å². The van der Waals surface area contributed by atoms with Crippen LogP contribution in [0.15, 0.2) is 12.1 Å². The minimum absolute atomic E-state index is 0.230. The molecule has 3 rings (SSSR count). The highest BCUT2D eigenvalue weighted by Crippen LogP contribution is 2.51. The van der Waals surface area contributed by atoms with Gasteiger partial charge >= 0.3 is 0 Å². The number of hydrogen-bond donors (Lipinski definition) is 0. The van der Waals surface area contributed by atoms with Crippen LogP contribution < -0.4 is 28.4 Å². The Bertz CT molecular complexity index is 1540. The van der Waals surface area contributed by atoms with Gasteiger partial charge in [0.15, 0.2) is 34.6 Å². The van der Waals surface area contributed by atoms with Crippen LogP contribution in [0.25, 0.3) is 0 Å². The van der Waals surface area contributed by atoms with E-state index in [1.807, 2.05) is 0 Å². The van der Waals surface area contributed by atoms with E-state index >= 15 is 9.59 Å². The predicted octanol–water partition coefficient (Wildman–Crippen LogP) is 16.8. The van der Waals surface area contributed by atoms with Crippen molar-refractivity contribution < 1.29 is 38.0 Å². The van der Waals surface area contributed by atoms with Crippen LogP contribution >= 0.6 is 0 Å². The van der Waals surface area contributed by atoms with Crippen molar-refractivity contribution in [2.45, 2.75) is 223 Å². The quantitative estimate of drug-likeness (QED) is 0.0521. The smallest absolute Gasteiger partial charge is 0.204 e. The molecule has 2 aromatic rings. The van der Waals surface area contributed by atoms with Gasteiger partial charge in [-0.15, -0.1) is 0 Å². The van der Waals surface area contributed by atoms with Crippen LogP contribution in [0.3, 0.4) is 0 Å². The summed E-state index contributed by atoms with van der Waals surface area (Å²) in [5.41, 5.74) is 0.967. The first-order chi connectivity index (χ1) is 32.0. The number of carbonyl (C=O) groups is 2. The van der Waals surface area contributed by atoms with Crippen LogP contribution in [0.5, 0.6) is 34.5 Å². The van der Waals surface area contributed by atoms with Crippen LogP contribution in [-0.2, 0) is 0 Å². The molecule has 8 heteroatoms. The molecule has 1 aliphatic carbocycles. The number of ether oxygens (including phenoxy) is 6. The second-order valence-corrected chi connectivity index (χ2v) is 20.3. The topological polar surface area (TPSA) is 89.5 Å². The van der Waals surface area contributed by atoms with E-state index in [9.17, 15) is 0 Å². The number of ketones is 2. The Hall–Kier alpha value is -3.42. The summed E-state index contributed by atoms with van der Waals surface area (Å²) in [7, 11) is 0. The molecule has 0 saturated carbocycles. The monoisotopic (exact) mass is 921 g/mol. The van der Waals surface area contributed by atoms with Gasteiger partial charge in [-0.05, 0) is 74.3 Å². The molecule has 66 heavy (non-hydrogen) atoms. The number of benzene rings is 2. The minimum atomic E-state index is -0.304. The van der Waals surface area contributed by atoms with Crippen LogP contribution in [0.2, 0.25) is 0 Å². The third kappa shape index (κ3) is 19.7. The molecule has 0 aromatic heterocycles. The second kappa shape index (κ2) is 33.1. The number of fused-ring (bicyclic) bond motifs is 2. The van der Waals surface area contributed by atoms with Crippen LogP contribution in [0.4, 0.5) is 0 Å². The van der Waals surface area contributed by atoms with E-state index < -0.39 is 0 Å². The molecule has 0 fully saturated rings. The van der Waals surface area contributed by atoms with Crippen molar-refractivity contribution >= 4 is 11.6 Å². The predicted molar refractivity (Wildman–Crippen MR) is 274 cm³/mol. The highest BCUT2D eigenvalue weighted by Gasteiger charge is 2.41. The zero-order chi connectivity index (χ0) is 48.1. The third-order valence-electron chi connectivity index (χ3n) is 13.0. The molecule has 0 saturated heterocycles. The number of unbranched alkanes of at least 4 members (excludes halogenated alkanes) is 12. The largest absolute Gasteiger partial charge is 0.490 e. The lowest BCUT2D eigenvalue weighted by Gasteiger charge is -2.28. The highest BCUT2D eigenvalue weighted by molar-refractivity contribution is 6.31. The van der Waals surface area contributed by atoms with E-state index in [-0.39, 0.29) is 33.8 Å². The van der Waals surface area contributed by atoms with Crippen molar-refractivity contribution in [1.82, 2.24) is 0 Å². The van der Waals surface area contributed by atoms with Crippen molar-refractivity contribution in [2.75, 3.05) is 39.6 Å². The molecule has 0 spiro atoms. The summed E-state index contributed by atoms with van der Waals surface area (Å²) < 4.78 is 40.0. The summed E-state index contributed by atoms with van der Waals surface area (Å²) in [5.74, 6) is 3.94. The third-order valence-corrected chi connectivity index (χ3v) is 13.0. The molecule has 376 valence electrons. The van der Waals surface area contributed by atoms with E-state index in [1.165, 1.54) is 25.7 Å². The molecule has 0 aliphatic heterocycles. The Morgan fingerprint density at radius 3 is 0.985 bits per heavy atom. The van der Waals surface area contributed by atoms with Gasteiger partial charge in [-0.25, -0.2) is 0 Å². The molecule has 1 aliphatic rings. The van der Waals surface area contributed by atoms with Gasteiger partial charge in [0.05, 0.1) is 50.8 Å². The summed E-state index contributed by atoms with van der Waals surface area (Å²) in [6.07, 6.45) is 25.1. The Morgan fingerprint density at radius 1 is 0.348 bits per heavy atom. The van der Waals surface area contributed by atoms with E-state index in [0.29, 0.717) is 97.8 Å². The van der Waals surface area contributed by atoms with E-state index in [1.54, 1.807) is 12.1 Å². The van der Waals surface area contributed by atoms with Crippen molar-refractivity contribution in [3.8, 4) is 34.5 Å². The maximum absolute atomic E-state index is 15.4. The molecule has 0 N–H and O–H groups in total.